The fourth-order valence-electron chi connectivity index (χ4n) is 1.55. The lowest BCUT2D eigenvalue weighted by Gasteiger charge is -2.09. The van der Waals surface area contributed by atoms with Gasteiger partial charge in [-0.2, -0.15) is 0 Å². The minimum absolute atomic E-state index is 0.691. The molecule has 15 heavy (non-hydrogen) atoms. The van der Waals surface area contributed by atoms with E-state index in [9.17, 15) is 0 Å². The Morgan fingerprint density at radius 1 is 1.27 bits per heavy atom. The summed E-state index contributed by atoms with van der Waals surface area (Å²) >= 11 is 0. The Hall–Kier alpha value is -1.02. The van der Waals surface area contributed by atoms with Crippen LogP contribution in [0.15, 0.2) is 18.2 Å². The van der Waals surface area contributed by atoms with Crippen LogP contribution in [0.25, 0.3) is 0 Å². The molecule has 0 radical (unpaired) electrons. The summed E-state index contributed by atoms with van der Waals surface area (Å²) in [5.74, 6) is 1.63. The molecule has 0 amide bonds. The highest BCUT2D eigenvalue weighted by molar-refractivity contribution is 5.33. The van der Waals surface area contributed by atoms with Crippen molar-refractivity contribution in [3.8, 4) is 5.75 Å². The monoisotopic (exact) mass is 207 g/mol. The van der Waals surface area contributed by atoms with E-state index < -0.39 is 0 Å². The van der Waals surface area contributed by atoms with Crippen molar-refractivity contribution in [2.75, 3.05) is 13.7 Å². The molecule has 0 aromatic heterocycles. The van der Waals surface area contributed by atoms with Crippen molar-refractivity contribution in [3.05, 3.63) is 29.3 Å². The van der Waals surface area contributed by atoms with Crippen molar-refractivity contribution >= 4 is 0 Å². The van der Waals surface area contributed by atoms with Crippen molar-refractivity contribution in [1.82, 2.24) is 5.32 Å². The largest absolute Gasteiger partial charge is 0.497 e. The van der Waals surface area contributed by atoms with Gasteiger partial charge in [0.25, 0.3) is 0 Å². The molecule has 0 atom stereocenters. The predicted octanol–water partition coefficient (Wildman–Crippen LogP) is 2.75. The fraction of sp³-hybridized carbons (Fsp3) is 0.538. The maximum absolute atomic E-state index is 5.24. The van der Waals surface area contributed by atoms with Gasteiger partial charge in [0.1, 0.15) is 5.75 Å². The van der Waals surface area contributed by atoms with E-state index in [-0.39, 0.29) is 0 Å². The first-order valence-corrected chi connectivity index (χ1v) is 5.47. The molecule has 1 aromatic rings. The van der Waals surface area contributed by atoms with Gasteiger partial charge in [0, 0.05) is 6.54 Å². The van der Waals surface area contributed by atoms with Crippen LogP contribution in [-0.2, 0) is 6.54 Å². The van der Waals surface area contributed by atoms with Gasteiger partial charge in [0.15, 0.2) is 0 Å². The third-order valence-electron chi connectivity index (χ3n) is 2.23. The average molecular weight is 207 g/mol. The molecule has 0 aliphatic carbocycles. The smallest absolute Gasteiger partial charge is 0.119 e. The minimum Gasteiger partial charge on any atom is -0.497 e. The van der Waals surface area contributed by atoms with E-state index in [4.69, 9.17) is 4.74 Å². The summed E-state index contributed by atoms with van der Waals surface area (Å²) in [4.78, 5) is 0. The highest BCUT2D eigenvalue weighted by Gasteiger charge is 1.99. The van der Waals surface area contributed by atoms with Crippen LogP contribution in [0.4, 0.5) is 0 Å². The van der Waals surface area contributed by atoms with Gasteiger partial charge in [0.2, 0.25) is 0 Å². The number of rotatable bonds is 5. The first-order valence-electron chi connectivity index (χ1n) is 5.47. The fourth-order valence-corrected chi connectivity index (χ4v) is 1.55. The third-order valence-corrected chi connectivity index (χ3v) is 2.23. The Morgan fingerprint density at radius 3 is 2.60 bits per heavy atom. The summed E-state index contributed by atoms with van der Waals surface area (Å²) in [6.07, 6.45) is 0. The molecular weight excluding hydrogens is 186 g/mol. The SMILES string of the molecule is COc1cc(C)cc(CNCC(C)C)c1. The normalized spacial score (nSPS) is 10.7. The average Bonchev–Trinajstić information content (AvgIpc) is 2.16. The lowest BCUT2D eigenvalue weighted by atomic mass is 10.1. The maximum Gasteiger partial charge on any atom is 0.119 e. The molecule has 1 rings (SSSR count). The van der Waals surface area contributed by atoms with E-state index in [1.807, 2.05) is 6.07 Å². The van der Waals surface area contributed by atoms with Crippen molar-refractivity contribution in [2.24, 2.45) is 5.92 Å². The highest BCUT2D eigenvalue weighted by Crippen LogP contribution is 2.16. The molecular formula is C13H21NO. The zero-order valence-corrected chi connectivity index (χ0v) is 10.1. The van der Waals surface area contributed by atoms with Gasteiger partial charge in [-0.05, 0) is 42.6 Å². The van der Waals surface area contributed by atoms with Gasteiger partial charge in [0.05, 0.1) is 7.11 Å². The van der Waals surface area contributed by atoms with Gasteiger partial charge in [-0.3, -0.25) is 0 Å². The number of aryl methyl sites for hydroxylation is 1. The predicted molar refractivity (Wildman–Crippen MR) is 64.3 cm³/mol. The third kappa shape index (κ3) is 4.34. The molecule has 0 unspecified atom stereocenters. The second kappa shape index (κ2) is 5.76. The molecule has 0 bridgehead atoms. The first kappa shape index (κ1) is 12.1. The zero-order valence-electron chi connectivity index (χ0n) is 10.1. The lowest BCUT2D eigenvalue weighted by Crippen LogP contribution is -2.18. The number of hydrogen-bond donors (Lipinski definition) is 1. The molecule has 0 spiro atoms. The molecule has 0 fully saturated rings. The van der Waals surface area contributed by atoms with Gasteiger partial charge < -0.3 is 10.1 Å². The quantitative estimate of drug-likeness (QED) is 0.801. The van der Waals surface area contributed by atoms with Crippen LogP contribution < -0.4 is 10.1 Å². The Kier molecular flexibility index (Phi) is 4.63. The number of benzene rings is 1. The Balaban J connectivity index is 2.56. The first-order chi connectivity index (χ1) is 7.11. The highest BCUT2D eigenvalue weighted by atomic mass is 16.5. The molecule has 2 nitrogen and oxygen atoms in total. The summed E-state index contributed by atoms with van der Waals surface area (Å²) < 4.78 is 5.24. The van der Waals surface area contributed by atoms with Crippen LogP contribution in [0.1, 0.15) is 25.0 Å². The summed E-state index contributed by atoms with van der Waals surface area (Å²) in [6, 6.07) is 6.32. The van der Waals surface area contributed by atoms with E-state index in [1.54, 1.807) is 7.11 Å². The van der Waals surface area contributed by atoms with Crippen LogP contribution in [-0.4, -0.2) is 13.7 Å². The molecule has 1 aromatic carbocycles. The Bertz CT molecular complexity index is 307. The maximum atomic E-state index is 5.24. The molecule has 0 aliphatic heterocycles. The number of methoxy groups -OCH3 is 1. The molecule has 84 valence electrons. The topological polar surface area (TPSA) is 21.3 Å². The van der Waals surface area contributed by atoms with Crippen LogP contribution in [0.5, 0.6) is 5.75 Å². The Morgan fingerprint density at radius 2 is 2.00 bits per heavy atom. The van der Waals surface area contributed by atoms with Crippen LogP contribution >= 0.6 is 0 Å². The van der Waals surface area contributed by atoms with E-state index in [2.05, 4.69) is 38.2 Å². The van der Waals surface area contributed by atoms with Crippen LogP contribution in [0.3, 0.4) is 0 Å². The summed E-state index contributed by atoms with van der Waals surface area (Å²) in [5.41, 5.74) is 2.53. The minimum atomic E-state index is 0.691. The molecule has 0 aliphatic rings. The Labute approximate surface area is 92.6 Å². The van der Waals surface area contributed by atoms with E-state index in [0.29, 0.717) is 5.92 Å². The molecule has 2 heteroatoms. The van der Waals surface area contributed by atoms with Gasteiger partial charge in [-0.1, -0.05) is 19.9 Å². The van der Waals surface area contributed by atoms with Crippen molar-refractivity contribution < 1.29 is 4.74 Å². The van der Waals surface area contributed by atoms with Crippen molar-refractivity contribution in [3.63, 3.8) is 0 Å². The van der Waals surface area contributed by atoms with Gasteiger partial charge in [-0.25, -0.2) is 0 Å². The van der Waals surface area contributed by atoms with E-state index in [1.165, 1.54) is 11.1 Å². The zero-order chi connectivity index (χ0) is 11.3. The second-order valence-electron chi connectivity index (χ2n) is 4.38. The summed E-state index contributed by atoms with van der Waals surface area (Å²) in [5, 5.41) is 3.42. The second-order valence-corrected chi connectivity index (χ2v) is 4.38. The molecule has 0 saturated carbocycles. The molecule has 1 N–H and O–H groups in total. The van der Waals surface area contributed by atoms with Crippen LogP contribution in [0.2, 0.25) is 0 Å². The number of hydrogen-bond acceptors (Lipinski definition) is 2. The van der Waals surface area contributed by atoms with Gasteiger partial charge in [-0.15, -0.1) is 0 Å². The number of nitrogens with one attached hydrogen (secondary N) is 1. The molecule has 0 heterocycles. The van der Waals surface area contributed by atoms with Crippen molar-refractivity contribution in [2.45, 2.75) is 27.3 Å². The van der Waals surface area contributed by atoms with E-state index >= 15 is 0 Å². The van der Waals surface area contributed by atoms with Gasteiger partial charge >= 0.3 is 0 Å². The molecule has 0 saturated heterocycles. The van der Waals surface area contributed by atoms with Crippen LogP contribution in [0, 0.1) is 12.8 Å². The summed E-state index contributed by atoms with van der Waals surface area (Å²) in [6.45, 7) is 8.48. The standard InChI is InChI=1S/C13H21NO/c1-10(2)8-14-9-12-5-11(3)6-13(7-12)15-4/h5-7,10,14H,8-9H2,1-4H3. The lowest BCUT2D eigenvalue weighted by molar-refractivity contribution is 0.413. The van der Waals surface area contributed by atoms with E-state index in [0.717, 1.165) is 18.8 Å². The summed E-state index contributed by atoms with van der Waals surface area (Å²) in [7, 11) is 1.71. The van der Waals surface area contributed by atoms with Crippen molar-refractivity contribution in [1.29, 1.82) is 0 Å². The number of ether oxygens (including phenoxy) is 1.